The molecule has 0 unspecified atom stereocenters. The van der Waals surface area contributed by atoms with Gasteiger partial charge in [-0.15, -0.1) is 0 Å². The van der Waals surface area contributed by atoms with E-state index in [0.29, 0.717) is 17.7 Å². The summed E-state index contributed by atoms with van der Waals surface area (Å²) in [7, 11) is 0. The summed E-state index contributed by atoms with van der Waals surface area (Å²) in [6.07, 6.45) is 2.55. The molecular formula is C26H32N6O6. The van der Waals surface area contributed by atoms with Crippen LogP contribution in [0.3, 0.4) is 0 Å². The summed E-state index contributed by atoms with van der Waals surface area (Å²) in [6.45, 7) is 4.42. The number of hydrogen-bond donors (Lipinski definition) is 2. The second kappa shape index (κ2) is 10.5. The fourth-order valence-electron chi connectivity index (χ4n) is 5.69. The van der Waals surface area contributed by atoms with E-state index in [4.69, 9.17) is 0 Å². The first-order chi connectivity index (χ1) is 18.2. The van der Waals surface area contributed by atoms with Crippen molar-refractivity contribution >= 4 is 41.1 Å². The Morgan fingerprint density at radius 3 is 2.21 bits per heavy atom. The first kappa shape index (κ1) is 25.8. The van der Waals surface area contributed by atoms with E-state index in [-0.39, 0.29) is 50.3 Å². The fraction of sp³-hybridized carbons (Fsp3) is 0.538. The SMILES string of the molecule is CC1=NN(c2ccc(C(=O)N3CCN(C(=O)N4C(=O)[C@H](CC5CCNCC5)[C@H]4C(=O)O)CC3)cc2)C(=O)C1. The molecule has 38 heavy (non-hydrogen) atoms. The monoisotopic (exact) mass is 524 g/mol. The van der Waals surface area contributed by atoms with Gasteiger partial charge < -0.3 is 20.2 Å². The van der Waals surface area contributed by atoms with Crippen molar-refractivity contribution in [2.24, 2.45) is 16.9 Å². The molecule has 12 heteroatoms. The number of carbonyl (C=O) groups excluding carboxylic acids is 4. The van der Waals surface area contributed by atoms with Crippen LogP contribution in [-0.4, -0.2) is 101 Å². The number of imide groups is 1. The van der Waals surface area contributed by atoms with Crippen LogP contribution in [0, 0.1) is 11.8 Å². The molecule has 5 amide bonds. The van der Waals surface area contributed by atoms with Gasteiger partial charge in [0.15, 0.2) is 6.04 Å². The lowest BCUT2D eigenvalue weighted by Gasteiger charge is -2.47. The molecule has 12 nitrogen and oxygen atoms in total. The highest BCUT2D eigenvalue weighted by Gasteiger charge is 2.56. The van der Waals surface area contributed by atoms with Gasteiger partial charge in [0.05, 0.1) is 18.0 Å². The zero-order chi connectivity index (χ0) is 27.0. The number of aliphatic carboxylic acids is 1. The number of likely N-dealkylation sites (tertiary alicyclic amines) is 1. The highest BCUT2D eigenvalue weighted by molar-refractivity contribution is 6.12. The average Bonchev–Trinajstić information content (AvgIpc) is 3.27. The highest BCUT2D eigenvalue weighted by atomic mass is 16.4. The summed E-state index contributed by atoms with van der Waals surface area (Å²) >= 11 is 0. The van der Waals surface area contributed by atoms with Crippen molar-refractivity contribution in [2.75, 3.05) is 44.3 Å². The van der Waals surface area contributed by atoms with E-state index >= 15 is 0 Å². The van der Waals surface area contributed by atoms with Gasteiger partial charge in [-0.1, -0.05) is 0 Å². The summed E-state index contributed by atoms with van der Waals surface area (Å²) in [4.78, 5) is 66.9. The lowest BCUT2D eigenvalue weighted by Crippen LogP contribution is -2.69. The van der Waals surface area contributed by atoms with Crippen molar-refractivity contribution in [3.8, 4) is 0 Å². The summed E-state index contributed by atoms with van der Waals surface area (Å²) in [5, 5.41) is 18.6. The summed E-state index contributed by atoms with van der Waals surface area (Å²) < 4.78 is 0. The number of carbonyl (C=O) groups is 5. The Morgan fingerprint density at radius 2 is 1.63 bits per heavy atom. The first-order valence-corrected chi connectivity index (χ1v) is 13.1. The molecule has 2 atom stereocenters. The van der Waals surface area contributed by atoms with E-state index in [1.807, 2.05) is 0 Å². The number of piperidine rings is 1. The summed E-state index contributed by atoms with van der Waals surface area (Å²) in [6, 6.07) is 4.89. The van der Waals surface area contributed by atoms with Crippen molar-refractivity contribution < 1.29 is 29.1 Å². The normalized spacial score (nSPS) is 24.4. The number of amides is 5. The molecule has 0 aliphatic carbocycles. The number of β-lactam (4-membered cyclic amide) rings is 1. The molecular weight excluding hydrogens is 492 g/mol. The van der Waals surface area contributed by atoms with Gasteiger partial charge in [-0.05, 0) is 69.5 Å². The minimum atomic E-state index is -1.16. The third-order valence-corrected chi connectivity index (χ3v) is 7.83. The average molecular weight is 525 g/mol. The largest absolute Gasteiger partial charge is 0.480 e. The number of urea groups is 1. The van der Waals surface area contributed by atoms with Crippen LogP contribution in [0.5, 0.6) is 0 Å². The van der Waals surface area contributed by atoms with Crippen LogP contribution in [0.4, 0.5) is 10.5 Å². The minimum Gasteiger partial charge on any atom is -0.480 e. The molecule has 0 spiro atoms. The topological polar surface area (TPSA) is 143 Å². The second-order valence-corrected chi connectivity index (χ2v) is 10.4. The smallest absolute Gasteiger partial charge is 0.327 e. The number of carboxylic acid groups (broad SMARTS) is 1. The van der Waals surface area contributed by atoms with Gasteiger partial charge in [-0.2, -0.15) is 5.10 Å². The third-order valence-electron chi connectivity index (χ3n) is 7.83. The number of benzene rings is 1. The third kappa shape index (κ3) is 4.87. The van der Waals surface area contributed by atoms with Crippen LogP contribution in [0.1, 0.15) is 43.0 Å². The molecule has 4 aliphatic heterocycles. The lowest BCUT2D eigenvalue weighted by molar-refractivity contribution is -0.167. The van der Waals surface area contributed by atoms with Crippen LogP contribution in [0.15, 0.2) is 29.4 Å². The maximum absolute atomic E-state index is 13.1. The zero-order valence-corrected chi connectivity index (χ0v) is 21.3. The van der Waals surface area contributed by atoms with Gasteiger partial charge in [0, 0.05) is 37.5 Å². The molecule has 0 radical (unpaired) electrons. The molecule has 2 N–H and O–H groups in total. The molecule has 5 rings (SSSR count). The molecule has 0 aromatic heterocycles. The van der Waals surface area contributed by atoms with Crippen molar-refractivity contribution in [3.05, 3.63) is 29.8 Å². The second-order valence-electron chi connectivity index (χ2n) is 10.4. The van der Waals surface area contributed by atoms with Gasteiger partial charge in [0.2, 0.25) is 5.91 Å². The van der Waals surface area contributed by atoms with E-state index in [2.05, 4.69) is 10.4 Å². The van der Waals surface area contributed by atoms with Crippen LogP contribution < -0.4 is 10.3 Å². The Morgan fingerprint density at radius 1 is 1.00 bits per heavy atom. The zero-order valence-electron chi connectivity index (χ0n) is 21.3. The highest BCUT2D eigenvalue weighted by Crippen LogP contribution is 2.35. The van der Waals surface area contributed by atoms with Crippen LogP contribution >= 0.6 is 0 Å². The fourth-order valence-corrected chi connectivity index (χ4v) is 5.69. The van der Waals surface area contributed by atoms with Crippen molar-refractivity contribution in [2.45, 2.75) is 38.6 Å². The minimum absolute atomic E-state index is 0.120. The summed E-state index contributed by atoms with van der Waals surface area (Å²) in [5.41, 5.74) is 1.77. The Balaban J connectivity index is 1.16. The first-order valence-electron chi connectivity index (χ1n) is 13.1. The van der Waals surface area contributed by atoms with Gasteiger partial charge >= 0.3 is 12.0 Å². The maximum atomic E-state index is 13.1. The predicted octanol–water partition coefficient (Wildman–Crippen LogP) is 0.978. The number of rotatable bonds is 5. The molecule has 1 aromatic rings. The predicted molar refractivity (Wildman–Crippen MR) is 136 cm³/mol. The van der Waals surface area contributed by atoms with E-state index < -0.39 is 29.9 Å². The molecule has 1 aromatic carbocycles. The number of piperazine rings is 1. The van der Waals surface area contributed by atoms with Crippen LogP contribution in [0.2, 0.25) is 0 Å². The molecule has 4 aliphatic rings. The van der Waals surface area contributed by atoms with Gasteiger partial charge in [0.1, 0.15) is 0 Å². The van der Waals surface area contributed by atoms with Crippen LogP contribution in [0.25, 0.3) is 0 Å². The number of nitrogens with one attached hydrogen (secondary N) is 1. The van der Waals surface area contributed by atoms with Crippen molar-refractivity contribution in [1.29, 1.82) is 0 Å². The molecule has 3 saturated heterocycles. The molecule has 0 saturated carbocycles. The van der Waals surface area contributed by atoms with Gasteiger partial charge in [0.25, 0.3) is 11.8 Å². The number of carboxylic acids is 1. The van der Waals surface area contributed by atoms with E-state index in [1.165, 1.54) is 9.91 Å². The van der Waals surface area contributed by atoms with E-state index in [1.54, 1.807) is 36.1 Å². The van der Waals surface area contributed by atoms with Gasteiger partial charge in [-0.25, -0.2) is 19.5 Å². The number of hydrogen-bond acceptors (Lipinski definition) is 7. The van der Waals surface area contributed by atoms with E-state index in [0.717, 1.165) is 36.5 Å². The van der Waals surface area contributed by atoms with Crippen molar-refractivity contribution in [1.82, 2.24) is 20.0 Å². The number of hydrazone groups is 1. The summed E-state index contributed by atoms with van der Waals surface area (Å²) in [5.74, 6) is -2.30. The van der Waals surface area contributed by atoms with E-state index in [9.17, 15) is 29.1 Å². The quantitative estimate of drug-likeness (QED) is 0.547. The molecule has 4 heterocycles. The Bertz CT molecular complexity index is 1170. The number of nitrogens with zero attached hydrogens (tertiary/aromatic N) is 5. The molecule has 3 fully saturated rings. The Hall–Kier alpha value is -3.80. The number of anilines is 1. The molecule has 0 bridgehead atoms. The van der Waals surface area contributed by atoms with Crippen molar-refractivity contribution in [3.63, 3.8) is 0 Å². The standard InChI is InChI=1S/C26H32N6O6/c1-16-14-21(33)32(28-16)19-4-2-18(3-5-19)23(34)29-10-12-30(13-11-29)26(38)31-22(25(36)37)20(24(31)35)15-17-6-8-27-9-7-17/h2-5,17,20,22,27H,6-15H2,1H3,(H,36,37)/t20-,22+/m1/s1. The maximum Gasteiger partial charge on any atom is 0.327 e. The Labute approximate surface area is 220 Å². The lowest BCUT2D eigenvalue weighted by atomic mass is 9.78. The van der Waals surface area contributed by atoms with Crippen LogP contribution in [-0.2, 0) is 14.4 Å². The Kier molecular flexibility index (Phi) is 7.15. The van der Waals surface area contributed by atoms with Gasteiger partial charge in [-0.3, -0.25) is 14.4 Å². The molecule has 202 valence electrons.